The number of hydrogen-bond donors (Lipinski definition) is 1. The van der Waals surface area contributed by atoms with Gasteiger partial charge in [0.15, 0.2) is 0 Å². The molecule has 0 saturated carbocycles. The van der Waals surface area contributed by atoms with E-state index in [0.717, 1.165) is 0 Å². The summed E-state index contributed by atoms with van der Waals surface area (Å²) >= 11 is 1.27. The summed E-state index contributed by atoms with van der Waals surface area (Å²) in [6.07, 6.45) is 1.18. The average molecular weight is 233 g/mol. The molecule has 6 heteroatoms. The number of aliphatic hydroxyl groups is 1. The molecule has 0 spiro atoms. The maximum absolute atomic E-state index is 11.5. The fourth-order valence-electron chi connectivity index (χ4n) is 1.76. The second kappa shape index (κ2) is 4.85. The van der Waals surface area contributed by atoms with Gasteiger partial charge in [-0.25, -0.2) is 0 Å². The van der Waals surface area contributed by atoms with E-state index in [1.807, 2.05) is 0 Å². The minimum absolute atomic E-state index is 0.119. The Morgan fingerprint density at radius 1 is 1.73 bits per heavy atom. The van der Waals surface area contributed by atoms with Crippen LogP contribution >= 0.6 is 11.9 Å². The summed E-state index contributed by atoms with van der Waals surface area (Å²) in [5.41, 5.74) is 0. The molecule has 1 saturated heterocycles. The van der Waals surface area contributed by atoms with Crippen LogP contribution in [0.15, 0.2) is 0 Å². The third kappa shape index (κ3) is 2.26. The van der Waals surface area contributed by atoms with Crippen LogP contribution in [-0.2, 0) is 14.3 Å². The van der Waals surface area contributed by atoms with Crippen LogP contribution in [0.2, 0.25) is 0 Å². The minimum Gasteiger partial charge on any atom is -0.469 e. The lowest BCUT2D eigenvalue weighted by Gasteiger charge is -2.46. The summed E-state index contributed by atoms with van der Waals surface area (Å²) in [4.78, 5) is 22.6. The van der Waals surface area contributed by atoms with Crippen molar-refractivity contribution in [2.45, 2.75) is 25.5 Å². The largest absolute Gasteiger partial charge is 0.469 e. The fourth-order valence-corrected chi connectivity index (χ4v) is 2.53. The molecule has 0 radical (unpaired) electrons. The first kappa shape index (κ1) is 12.3. The maximum atomic E-state index is 11.5. The van der Waals surface area contributed by atoms with Crippen LogP contribution < -0.4 is 0 Å². The Bertz CT molecular complexity index is 269. The molecule has 0 aromatic heterocycles. The topological polar surface area (TPSA) is 66.8 Å². The molecular formula is C9H15NO4S. The molecule has 0 unspecified atom stereocenters. The third-order valence-electron chi connectivity index (χ3n) is 2.54. The number of amides is 1. The van der Waals surface area contributed by atoms with Gasteiger partial charge in [-0.3, -0.25) is 13.9 Å². The van der Waals surface area contributed by atoms with E-state index in [0.29, 0.717) is 0 Å². The summed E-state index contributed by atoms with van der Waals surface area (Å²) in [6, 6.07) is -0.250. The number of rotatable bonds is 4. The quantitative estimate of drug-likeness (QED) is 0.422. The summed E-state index contributed by atoms with van der Waals surface area (Å²) < 4.78 is 6.05. The van der Waals surface area contributed by atoms with E-state index in [1.54, 1.807) is 13.2 Å². The molecule has 1 amide bonds. The van der Waals surface area contributed by atoms with E-state index in [2.05, 4.69) is 4.74 Å². The highest BCUT2D eigenvalue weighted by Gasteiger charge is 2.50. The lowest BCUT2D eigenvalue weighted by molar-refractivity contribution is -0.156. The standard InChI is InChI=1S/C9H15NO4S/c1-5(11)8-6(4-7(12)14-2)10(15-3)9(8)13/h5-6,8,11H,4H2,1-3H3/t5-,6-,8-/m1/s1. The van der Waals surface area contributed by atoms with Gasteiger partial charge in [-0.2, -0.15) is 0 Å². The molecular weight excluding hydrogens is 218 g/mol. The fraction of sp³-hybridized carbons (Fsp3) is 0.778. The van der Waals surface area contributed by atoms with Crippen molar-refractivity contribution in [2.75, 3.05) is 13.4 Å². The number of nitrogens with zero attached hydrogens (tertiary/aromatic N) is 1. The zero-order chi connectivity index (χ0) is 11.6. The molecule has 0 aromatic rings. The smallest absolute Gasteiger partial charge is 0.307 e. The molecule has 1 aliphatic heterocycles. The van der Waals surface area contributed by atoms with Crippen molar-refractivity contribution in [3.05, 3.63) is 0 Å². The number of β-lactam (4-membered cyclic amide) rings is 1. The van der Waals surface area contributed by atoms with Crippen LogP contribution in [0.4, 0.5) is 0 Å². The molecule has 15 heavy (non-hydrogen) atoms. The Hall–Kier alpha value is -0.750. The maximum Gasteiger partial charge on any atom is 0.307 e. The van der Waals surface area contributed by atoms with Crippen LogP contribution in [0.3, 0.4) is 0 Å². The Balaban J connectivity index is 2.66. The van der Waals surface area contributed by atoms with Crippen molar-refractivity contribution in [3.63, 3.8) is 0 Å². The second-order valence-electron chi connectivity index (χ2n) is 3.46. The highest BCUT2D eigenvalue weighted by Crippen LogP contribution is 2.36. The molecule has 1 heterocycles. The number of carbonyl (C=O) groups is 2. The molecule has 1 aliphatic rings. The molecule has 1 fully saturated rings. The van der Waals surface area contributed by atoms with E-state index in [-0.39, 0.29) is 24.3 Å². The van der Waals surface area contributed by atoms with Crippen LogP contribution in [0.1, 0.15) is 13.3 Å². The van der Waals surface area contributed by atoms with Crippen LogP contribution in [-0.4, -0.2) is 46.8 Å². The lowest BCUT2D eigenvalue weighted by atomic mass is 9.84. The van der Waals surface area contributed by atoms with Crippen molar-refractivity contribution >= 4 is 23.8 Å². The van der Waals surface area contributed by atoms with Gasteiger partial charge in [-0.05, 0) is 6.92 Å². The van der Waals surface area contributed by atoms with Gasteiger partial charge in [0.1, 0.15) is 0 Å². The minimum atomic E-state index is -0.726. The summed E-state index contributed by atoms with van der Waals surface area (Å²) in [7, 11) is 1.31. The van der Waals surface area contributed by atoms with E-state index in [1.165, 1.54) is 23.4 Å². The van der Waals surface area contributed by atoms with Gasteiger partial charge >= 0.3 is 5.97 Å². The predicted octanol–water partition coefficient (Wildman–Crippen LogP) is 0.0353. The zero-order valence-corrected chi connectivity index (χ0v) is 9.78. The monoisotopic (exact) mass is 233 g/mol. The first-order valence-electron chi connectivity index (χ1n) is 4.65. The molecule has 0 bridgehead atoms. The molecule has 1 N–H and O–H groups in total. The number of esters is 1. The average Bonchev–Trinajstić information content (AvgIpc) is 2.16. The molecule has 5 nitrogen and oxygen atoms in total. The van der Waals surface area contributed by atoms with Crippen LogP contribution in [0.25, 0.3) is 0 Å². The lowest BCUT2D eigenvalue weighted by Crippen LogP contribution is -2.61. The molecule has 0 aliphatic carbocycles. The highest BCUT2D eigenvalue weighted by atomic mass is 32.2. The van der Waals surface area contributed by atoms with Crippen molar-refractivity contribution in [1.29, 1.82) is 0 Å². The van der Waals surface area contributed by atoms with Gasteiger partial charge in [-0.15, -0.1) is 0 Å². The van der Waals surface area contributed by atoms with Crippen molar-refractivity contribution in [2.24, 2.45) is 5.92 Å². The first-order valence-corrected chi connectivity index (χ1v) is 5.83. The Kier molecular flexibility index (Phi) is 3.98. The molecule has 86 valence electrons. The SMILES string of the molecule is COC(=O)C[C@@H]1[C@@H]([C@@H](C)O)C(=O)N1SC. The van der Waals surface area contributed by atoms with Crippen molar-refractivity contribution in [1.82, 2.24) is 4.31 Å². The molecule has 3 atom stereocenters. The van der Waals surface area contributed by atoms with Gasteiger partial charge in [-0.1, -0.05) is 11.9 Å². The normalized spacial score (nSPS) is 27.2. The number of hydrogen-bond acceptors (Lipinski definition) is 5. The van der Waals surface area contributed by atoms with E-state index >= 15 is 0 Å². The number of carbonyl (C=O) groups excluding carboxylic acids is 2. The van der Waals surface area contributed by atoms with Crippen LogP contribution in [0.5, 0.6) is 0 Å². The van der Waals surface area contributed by atoms with E-state index < -0.39 is 12.0 Å². The van der Waals surface area contributed by atoms with Crippen LogP contribution in [0, 0.1) is 5.92 Å². The van der Waals surface area contributed by atoms with Crippen molar-refractivity contribution < 1.29 is 19.4 Å². The van der Waals surface area contributed by atoms with Gasteiger partial charge in [0, 0.05) is 6.26 Å². The van der Waals surface area contributed by atoms with Gasteiger partial charge in [0.25, 0.3) is 0 Å². The second-order valence-corrected chi connectivity index (χ2v) is 4.22. The first-order chi connectivity index (χ1) is 7.02. The Labute approximate surface area is 92.9 Å². The third-order valence-corrected chi connectivity index (χ3v) is 3.38. The highest BCUT2D eigenvalue weighted by molar-refractivity contribution is 7.96. The molecule has 1 rings (SSSR count). The number of aliphatic hydroxyl groups excluding tert-OH is 1. The number of methoxy groups -OCH3 is 1. The summed E-state index contributed by atoms with van der Waals surface area (Å²) in [6.45, 7) is 1.56. The van der Waals surface area contributed by atoms with Gasteiger partial charge in [0.2, 0.25) is 5.91 Å². The summed E-state index contributed by atoms with van der Waals surface area (Å²) in [5, 5.41) is 9.40. The summed E-state index contributed by atoms with van der Waals surface area (Å²) in [5.74, 6) is -0.958. The predicted molar refractivity (Wildman–Crippen MR) is 56.0 cm³/mol. The number of ether oxygens (including phenoxy) is 1. The van der Waals surface area contributed by atoms with Gasteiger partial charge in [0.05, 0.1) is 31.6 Å². The zero-order valence-electron chi connectivity index (χ0n) is 8.97. The Morgan fingerprint density at radius 2 is 2.33 bits per heavy atom. The van der Waals surface area contributed by atoms with Crippen molar-refractivity contribution in [3.8, 4) is 0 Å². The van der Waals surface area contributed by atoms with Gasteiger partial charge < -0.3 is 9.84 Å². The Morgan fingerprint density at radius 3 is 2.73 bits per heavy atom. The van der Waals surface area contributed by atoms with E-state index in [9.17, 15) is 14.7 Å². The van der Waals surface area contributed by atoms with E-state index in [4.69, 9.17) is 0 Å². The molecule has 0 aromatic carbocycles.